The maximum absolute atomic E-state index is 13.2. The molecule has 0 aromatic carbocycles. The van der Waals surface area contributed by atoms with E-state index in [0.717, 1.165) is 44.9 Å². The number of nitrogens with one attached hydrogen (secondary N) is 1. The summed E-state index contributed by atoms with van der Waals surface area (Å²) in [5, 5.41) is 3.51. The Morgan fingerprint density at radius 3 is 2.63 bits per heavy atom. The van der Waals surface area contributed by atoms with Crippen LogP contribution >= 0.6 is 0 Å². The molecule has 0 aromatic heterocycles. The molecule has 1 N–H and O–H groups in total. The second kappa shape index (κ2) is 7.94. The third kappa shape index (κ3) is 3.50. The van der Waals surface area contributed by atoms with Gasteiger partial charge < -0.3 is 10.1 Å². The number of carbonyl (C=O) groups excluding carboxylic acids is 3. The first kappa shape index (κ1) is 21.8. The van der Waals surface area contributed by atoms with E-state index in [2.05, 4.69) is 26.1 Å². The molecule has 1 amide bonds. The molecule has 4 rings (SSSR count). The van der Waals surface area contributed by atoms with Crippen molar-refractivity contribution >= 4 is 17.7 Å². The monoisotopic (exact) mass is 417 g/mol. The largest absolute Gasteiger partial charge is 0.469 e. The zero-order valence-electron chi connectivity index (χ0n) is 19.2. The van der Waals surface area contributed by atoms with Crippen LogP contribution in [0.15, 0.2) is 0 Å². The lowest BCUT2D eigenvalue weighted by atomic mass is 9.49. The summed E-state index contributed by atoms with van der Waals surface area (Å²) in [6.07, 6.45) is 8.78. The molecule has 0 spiro atoms. The lowest BCUT2D eigenvalue weighted by Gasteiger charge is -2.55. The van der Waals surface area contributed by atoms with Crippen molar-refractivity contribution in [2.75, 3.05) is 7.11 Å². The minimum Gasteiger partial charge on any atom is -0.469 e. The summed E-state index contributed by atoms with van der Waals surface area (Å²) in [6.45, 7) is 6.89. The highest BCUT2D eigenvalue weighted by molar-refractivity contribution is 5.80. The van der Waals surface area contributed by atoms with Crippen LogP contribution in [0.5, 0.6) is 0 Å². The number of ketones is 1. The summed E-state index contributed by atoms with van der Waals surface area (Å²) in [6, 6.07) is 0. The van der Waals surface area contributed by atoms with Gasteiger partial charge in [0.25, 0.3) is 0 Å². The molecule has 0 aromatic rings. The van der Waals surface area contributed by atoms with E-state index in [9.17, 15) is 14.4 Å². The van der Waals surface area contributed by atoms with Crippen LogP contribution in [-0.2, 0) is 19.1 Å². The van der Waals surface area contributed by atoms with E-state index < -0.39 is 0 Å². The number of amides is 1. The van der Waals surface area contributed by atoms with Crippen molar-refractivity contribution in [3.8, 4) is 0 Å². The molecule has 1 saturated heterocycles. The molecule has 0 bridgehead atoms. The Labute approximate surface area is 181 Å². The molecule has 3 unspecified atom stereocenters. The lowest BCUT2D eigenvalue weighted by molar-refractivity contribution is -0.141. The fourth-order valence-electron chi connectivity index (χ4n) is 8.25. The molecule has 168 valence electrons. The molecule has 30 heavy (non-hydrogen) atoms. The van der Waals surface area contributed by atoms with E-state index in [1.165, 1.54) is 7.11 Å². The fourth-order valence-corrected chi connectivity index (χ4v) is 8.25. The van der Waals surface area contributed by atoms with E-state index in [-0.39, 0.29) is 22.8 Å². The third-order valence-electron chi connectivity index (χ3n) is 9.94. The zero-order valence-corrected chi connectivity index (χ0v) is 19.2. The molecule has 4 fully saturated rings. The van der Waals surface area contributed by atoms with Crippen molar-refractivity contribution < 1.29 is 19.1 Å². The standard InChI is InChI=1S/C25H39NO4/c1-15(5-10-23(29)30-4)19-8-9-20-18-7-6-16-13-17(27)11-12-24(16,2)21(18)14-22(28)26-25(19,20)3/h15-16,18-21H,5-14H2,1-4H3,(H,26,28)/t15-,16-,18?,19-,20?,21?,24+,25-/m1/s1. The van der Waals surface area contributed by atoms with Crippen LogP contribution in [0.25, 0.3) is 0 Å². The third-order valence-corrected chi connectivity index (χ3v) is 9.94. The Bertz CT molecular complexity index is 720. The number of rotatable bonds is 4. The maximum atomic E-state index is 13.2. The Morgan fingerprint density at radius 2 is 1.90 bits per heavy atom. The van der Waals surface area contributed by atoms with E-state index >= 15 is 0 Å². The van der Waals surface area contributed by atoms with Gasteiger partial charge in [0.15, 0.2) is 0 Å². The predicted molar refractivity (Wildman–Crippen MR) is 114 cm³/mol. The first-order chi connectivity index (χ1) is 14.2. The van der Waals surface area contributed by atoms with Crippen LogP contribution in [0.3, 0.4) is 0 Å². The lowest BCUT2D eigenvalue weighted by Crippen LogP contribution is -2.55. The van der Waals surface area contributed by atoms with E-state index in [4.69, 9.17) is 4.74 Å². The number of Topliss-reactive ketones (excluding diaryl/α,β-unsaturated/α-hetero) is 1. The van der Waals surface area contributed by atoms with Crippen molar-refractivity contribution in [2.45, 2.75) is 90.5 Å². The second-order valence-corrected chi connectivity index (χ2v) is 11.2. The van der Waals surface area contributed by atoms with Gasteiger partial charge in [-0.2, -0.15) is 0 Å². The number of esters is 1. The number of carbonyl (C=O) groups is 3. The van der Waals surface area contributed by atoms with Crippen LogP contribution < -0.4 is 5.32 Å². The minimum atomic E-state index is -0.195. The molecule has 8 atom stereocenters. The molecule has 3 saturated carbocycles. The van der Waals surface area contributed by atoms with Gasteiger partial charge in [-0.05, 0) is 86.4 Å². The number of hydrogen-bond acceptors (Lipinski definition) is 4. The Hall–Kier alpha value is -1.39. The highest BCUT2D eigenvalue weighted by Crippen LogP contribution is 2.62. The van der Waals surface area contributed by atoms with Gasteiger partial charge in [-0.25, -0.2) is 0 Å². The summed E-state index contributed by atoms with van der Waals surface area (Å²) in [5.74, 6) is 3.12. The molecule has 4 aliphatic rings. The van der Waals surface area contributed by atoms with Gasteiger partial charge in [-0.1, -0.05) is 13.8 Å². The number of methoxy groups -OCH3 is 1. The van der Waals surface area contributed by atoms with Crippen molar-refractivity contribution in [1.29, 1.82) is 0 Å². The topological polar surface area (TPSA) is 72.5 Å². The Kier molecular flexibility index (Phi) is 5.78. The summed E-state index contributed by atoms with van der Waals surface area (Å²) >= 11 is 0. The van der Waals surface area contributed by atoms with Crippen LogP contribution in [0.4, 0.5) is 0 Å². The van der Waals surface area contributed by atoms with Crippen LogP contribution in [0.2, 0.25) is 0 Å². The first-order valence-corrected chi connectivity index (χ1v) is 12.1. The molecular weight excluding hydrogens is 378 g/mol. The van der Waals surface area contributed by atoms with Gasteiger partial charge in [0.2, 0.25) is 5.91 Å². The van der Waals surface area contributed by atoms with Crippen molar-refractivity contribution in [3.63, 3.8) is 0 Å². The summed E-state index contributed by atoms with van der Waals surface area (Å²) in [4.78, 5) is 37.0. The average molecular weight is 418 g/mol. The Morgan fingerprint density at radius 1 is 1.13 bits per heavy atom. The second-order valence-electron chi connectivity index (χ2n) is 11.2. The van der Waals surface area contributed by atoms with Crippen molar-refractivity contribution in [2.24, 2.45) is 40.9 Å². The predicted octanol–water partition coefficient (Wildman–Crippen LogP) is 4.28. The minimum absolute atomic E-state index is 0.119. The quantitative estimate of drug-likeness (QED) is 0.693. The summed E-state index contributed by atoms with van der Waals surface area (Å²) in [5.41, 5.74) is -0.0757. The van der Waals surface area contributed by atoms with Gasteiger partial charge in [-0.3, -0.25) is 14.4 Å². The number of fused-ring (bicyclic) bond motifs is 5. The zero-order chi connectivity index (χ0) is 21.7. The number of hydrogen-bond donors (Lipinski definition) is 1. The van der Waals surface area contributed by atoms with Gasteiger partial charge in [-0.15, -0.1) is 0 Å². The van der Waals surface area contributed by atoms with Gasteiger partial charge >= 0.3 is 5.97 Å². The van der Waals surface area contributed by atoms with Crippen LogP contribution in [0.1, 0.15) is 85.0 Å². The van der Waals surface area contributed by atoms with E-state index in [1.807, 2.05) is 0 Å². The van der Waals surface area contributed by atoms with Crippen molar-refractivity contribution in [3.05, 3.63) is 0 Å². The normalized spacial score (nSPS) is 44.2. The van der Waals surface area contributed by atoms with Crippen LogP contribution in [-0.4, -0.2) is 30.3 Å². The summed E-state index contributed by atoms with van der Waals surface area (Å²) < 4.78 is 4.84. The smallest absolute Gasteiger partial charge is 0.305 e. The molecule has 3 aliphatic carbocycles. The highest BCUT2D eigenvalue weighted by atomic mass is 16.5. The van der Waals surface area contributed by atoms with Crippen LogP contribution in [0, 0.1) is 40.9 Å². The van der Waals surface area contributed by atoms with Crippen molar-refractivity contribution in [1.82, 2.24) is 5.32 Å². The molecule has 1 heterocycles. The van der Waals surface area contributed by atoms with E-state index in [1.54, 1.807) is 0 Å². The van der Waals surface area contributed by atoms with Gasteiger partial charge in [0.1, 0.15) is 5.78 Å². The molecular formula is C25H39NO4. The fraction of sp³-hybridized carbons (Fsp3) is 0.880. The summed E-state index contributed by atoms with van der Waals surface area (Å²) in [7, 11) is 1.45. The highest BCUT2D eigenvalue weighted by Gasteiger charge is 2.60. The van der Waals surface area contributed by atoms with Gasteiger partial charge in [0, 0.05) is 31.2 Å². The van der Waals surface area contributed by atoms with E-state index in [0.29, 0.717) is 60.6 Å². The SMILES string of the molecule is COC(=O)CC[C@@H](C)[C@H]1CCC2C3CC[C@@H]4CC(=O)CC[C@]4(C)C3CC(=O)N[C@@]21C. The molecule has 0 radical (unpaired) electrons. The maximum Gasteiger partial charge on any atom is 0.305 e. The molecule has 1 aliphatic heterocycles. The molecule has 5 heteroatoms. The first-order valence-electron chi connectivity index (χ1n) is 12.1. The molecule has 5 nitrogen and oxygen atoms in total. The average Bonchev–Trinajstić information content (AvgIpc) is 2.97. The number of ether oxygens (including phenoxy) is 1. The Balaban J connectivity index is 1.58. The van der Waals surface area contributed by atoms with Gasteiger partial charge in [0.05, 0.1) is 7.11 Å².